The molecule has 0 atom stereocenters. The smallest absolute Gasteiger partial charge is 0.290 e. The maximum Gasteiger partial charge on any atom is 0.290 e. The summed E-state index contributed by atoms with van der Waals surface area (Å²) >= 11 is 0. The summed E-state index contributed by atoms with van der Waals surface area (Å²) in [4.78, 5) is 20.1. The van der Waals surface area contributed by atoms with E-state index >= 15 is 0 Å². The second-order valence-corrected chi connectivity index (χ2v) is 3.46. The van der Waals surface area contributed by atoms with Crippen LogP contribution in [0.1, 0.15) is 6.92 Å². The zero-order chi connectivity index (χ0) is 9.97. The van der Waals surface area contributed by atoms with E-state index in [0.717, 1.165) is 19.6 Å². The molecule has 2 rings (SSSR count). The van der Waals surface area contributed by atoms with Gasteiger partial charge in [-0.25, -0.2) is 4.98 Å². The van der Waals surface area contributed by atoms with Crippen molar-refractivity contribution in [1.82, 2.24) is 14.9 Å². The van der Waals surface area contributed by atoms with Crippen LogP contribution in [-0.4, -0.2) is 40.5 Å². The molecule has 0 amide bonds. The standard InChI is InChI=1S/C9H14N4O/c1-2-13-5-7(6-13)12-8-9(14)11-4-3-10-8/h3-4,7H,2,5-6H2,1H3,(H,10,12)(H,11,14). The van der Waals surface area contributed by atoms with Gasteiger partial charge in [-0.1, -0.05) is 6.92 Å². The predicted octanol–water partition coefficient (Wildman–Crippen LogP) is -0.114. The molecule has 1 saturated heterocycles. The van der Waals surface area contributed by atoms with E-state index in [0.29, 0.717) is 11.9 Å². The minimum Gasteiger partial charge on any atom is -0.360 e. The number of aromatic amines is 1. The van der Waals surface area contributed by atoms with Gasteiger partial charge in [-0.2, -0.15) is 0 Å². The molecule has 5 heteroatoms. The van der Waals surface area contributed by atoms with Crippen LogP contribution < -0.4 is 10.9 Å². The van der Waals surface area contributed by atoms with Crippen LogP contribution in [0.25, 0.3) is 0 Å². The third-order valence-electron chi connectivity index (χ3n) is 2.45. The Hall–Kier alpha value is -1.36. The third kappa shape index (κ3) is 1.77. The lowest BCUT2D eigenvalue weighted by Crippen LogP contribution is -2.54. The monoisotopic (exact) mass is 194 g/mol. The van der Waals surface area contributed by atoms with E-state index in [1.807, 2.05) is 0 Å². The van der Waals surface area contributed by atoms with Crippen LogP contribution in [0, 0.1) is 0 Å². The molecule has 0 aliphatic carbocycles. The lowest BCUT2D eigenvalue weighted by atomic mass is 10.1. The van der Waals surface area contributed by atoms with Gasteiger partial charge in [0.1, 0.15) is 0 Å². The fourth-order valence-electron chi connectivity index (χ4n) is 1.57. The van der Waals surface area contributed by atoms with Gasteiger partial charge >= 0.3 is 0 Å². The molecule has 0 bridgehead atoms. The zero-order valence-corrected chi connectivity index (χ0v) is 8.16. The lowest BCUT2D eigenvalue weighted by molar-refractivity contribution is 0.171. The van der Waals surface area contributed by atoms with Crippen LogP contribution in [0.5, 0.6) is 0 Å². The summed E-state index contributed by atoms with van der Waals surface area (Å²) in [6, 6.07) is 0.367. The van der Waals surface area contributed by atoms with E-state index in [1.165, 1.54) is 6.20 Å². The van der Waals surface area contributed by atoms with Gasteiger partial charge in [0, 0.05) is 25.5 Å². The number of hydrogen-bond donors (Lipinski definition) is 2. The van der Waals surface area contributed by atoms with E-state index in [2.05, 4.69) is 27.1 Å². The molecule has 0 unspecified atom stereocenters. The zero-order valence-electron chi connectivity index (χ0n) is 8.16. The molecule has 0 aromatic carbocycles. The Bertz CT molecular complexity index is 356. The predicted molar refractivity (Wildman–Crippen MR) is 54.4 cm³/mol. The summed E-state index contributed by atoms with van der Waals surface area (Å²) in [6.45, 7) is 5.18. The minimum absolute atomic E-state index is 0.151. The number of hydrogen-bond acceptors (Lipinski definition) is 4. The van der Waals surface area contributed by atoms with Crippen molar-refractivity contribution in [1.29, 1.82) is 0 Å². The first-order valence-electron chi connectivity index (χ1n) is 4.82. The summed E-state index contributed by atoms with van der Waals surface area (Å²) in [6.07, 6.45) is 3.12. The first-order valence-corrected chi connectivity index (χ1v) is 4.82. The van der Waals surface area contributed by atoms with Crippen molar-refractivity contribution in [3.8, 4) is 0 Å². The average molecular weight is 194 g/mol. The molecule has 5 nitrogen and oxygen atoms in total. The van der Waals surface area contributed by atoms with E-state index in [-0.39, 0.29) is 5.56 Å². The molecule has 0 radical (unpaired) electrons. The van der Waals surface area contributed by atoms with Gasteiger partial charge in [-0.15, -0.1) is 0 Å². The molecule has 1 aromatic rings. The van der Waals surface area contributed by atoms with Crippen LogP contribution in [0.2, 0.25) is 0 Å². The summed E-state index contributed by atoms with van der Waals surface area (Å²) < 4.78 is 0. The molecule has 0 spiro atoms. The fraction of sp³-hybridized carbons (Fsp3) is 0.556. The van der Waals surface area contributed by atoms with Crippen molar-refractivity contribution in [3.05, 3.63) is 22.7 Å². The van der Waals surface area contributed by atoms with Crippen LogP contribution in [-0.2, 0) is 0 Å². The molecule has 76 valence electrons. The van der Waals surface area contributed by atoms with E-state index in [9.17, 15) is 4.79 Å². The summed E-state index contributed by atoms with van der Waals surface area (Å²) in [7, 11) is 0. The normalized spacial score (nSPS) is 17.8. The molecule has 14 heavy (non-hydrogen) atoms. The quantitative estimate of drug-likeness (QED) is 0.704. The lowest BCUT2D eigenvalue weighted by Gasteiger charge is -2.38. The number of likely N-dealkylation sites (tertiary alicyclic amines) is 1. The summed E-state index contributed by atoms with van der Waals surface area (Å²) in [5, 5.41) is 3.11. The number of anilines is 1. The highest BCUT2D eigenvalue weighted by Gasteiger charge is 2.25. The first-order chi connectivity index (χ1) is 6.79. The number of nitrogens with one attached hydrogen (secondary N) is 2. The molecule has 1 fully saturated rings. The molecular formula is C9H14N4O. The van der Waals surface area contributed by atoms with Gasteiger partial charge in [-0.05, 0) is 6.54 Å². The van der Waals surface area contributed by atoms with Crippen molar-refractivity contribution in [3.63, 3.8) is 0 Å². The Morgan fingerprint density at radius 1 is 1.71 bits per heavy atom. The van der Waals surface area contributed by atoms with Gasteiger partial charge in [0.15, 0.2) is 5.82 Å². The van der Waals surface area contributed by atoms with Crippen LogP contribution >= 0.6 is 0 Å². The average Bonchev–Trinajstić information content (AvgIpc) is 2.13. The molecule has 1 aromatic heterocycles. The molecular weight excluding hydrogens is 180 g/mol. The van der Waals surface area contributed by atoms with Crippen molar-refractivity contribution >= 4 is 5.82 Å². The SMILES string of the molecule is CCN1CC(Nc2ncc[nH]c2=O)C1. The van der Waals surface area contributed by atoms with Crippen LogP contribution in [0.4, 0.5) is 5.82 Å². The highest BCUT2D eigenvalue weighted by Crippen LogP contribution is 2.09. The van der Waals surface area contributed by atoms with E-state index in [1.54, 1.807) is 6.20 Å². The topological polar surface area (TPSA) is 61.0 Å². The number of rotatable bonds is 3. The Labute approximate surface area is 82.2 Å². The number of H-pyrrole nitrogens is 1. The fourth-order valence-corrected chi connectivity index (χ4v) is 1.57. The highest BCUT2D eigenvalue weighted by molar-refractivity contribution is 5.32. The largest absolute Gasteiger partial charge is 0.360 e. The highest BCUT2D eigenvalue weighted by atomic mass is 16.1. The van der Waals surface area contributed by atoms with Crippen molar-refractivity contribution < 1.29 is 0 Å². The van der Waals surface area contributed by atoms with E-state index < -0.39 is 0 Å². The van der Waals surface area contributed by atoms with Gasteiger partial charge < -0.3 is 10.3 Å². The van der Waals surface area contributed by atoms with Crippen molar-refractivity contribution in [2.24, 2.45) is 0 Å². The van der Waals surface area contributed by atoms with Crippen LogP contribution in [0.3, 0.4) is 0 Å². The number of aromatic nitrogens is 2. The maximum absolute atomic E-state index is 11.3. The second-order valence-electron chi connectivity index (χ2n) is 3.46. The van der Waals surface area contributed by atoms with E-state index in [4.69, 9.17) is 0 Å². The molecule has 2 heterocycles. The Morgan fingerprint density at radius 2 is 2.50 bits per heavy atom. The first kappa shape index (κ1) is 9.21. The maximum atomic E-state index is 11.3. The molecule has 0 saturated carbocycles. The van der Waals surface area contributed by atoms with Gasteiger partial charge in [-0.3, -0.25) is 9.69 Å². The molecule has 1 aliphatic rings. The summed E-state index contributed by atoms with van der Waals surface area (Å²) in [5.41, 5.74) is -0.151. The number of nitrogens with zero attached hydrogens (tertiary/aromatic N) is 2. The Balaban J connectivity index is 1.93. The Morgan fingerprint density at radius 3 is 3.14 bits per heavy atom. The van der Waals surface area contributed by atoms with Crippen LogP contribution in [0.15, 0.2) is 17.2 Å². The van der Waals surface area contributed by atoms with Gasteiger partial charge in [0.05, 0.1) is 6.04 Å². The summed E-state index contributed by atoms with van der Waals surface area (Å²) in [5.74, 6) is 0.424. The minimum atomic E-state index is -0.151. The van der Waals surface area contributed by atoms with Crippen molar-refractivity contribution in [2.75, 3.05) is 25.0 Å². The second kappa shape index (κ2) is 3.79. The third-order valence-corrected chi connectivity index (χ3v) is 2.45. The number of likely N-dealkylation sites (N-methyl/N-ethyl adjacent to an activating group) is 1. The Kier molecular flexibility index (Phi) is 2.49. The van der Waals surface area contributed by atoms with Gasteiger partial charge in [0.2, 0.25) is 0 Å². The molecule has 2 N–H and O–H groups in total. The van der Waals surface area contributed by atoms with Crippen molar-refractivity contribution in [2.45, 2.75) is 13.0 Å². The molecule has 1 aliphatic heterocycles. The van der Waals surface area contributed by atoms with Gasteiger partial charge in [0.25, 0.3) is 5.56 Å².